The van der Waals surface area contributed by atoms with Gasteiger partial charge in [0.15, 0.2) is 0 Å². The summed E-state index contributed by atoms with van der Waals surface area (Å²) in [6.07, 6.45) is 0.720. The SMILES string of the molecule is Cc1nc2ccccc2n1CCCOC(=O)COCc1ccccc1Cl. The average molecular weight is 373 g/mol. The third-order valence-electron chi connectivity index (χ3n) is 4.07. The molecule has 3 rings (SSSR count). The molecule has 0 atom stereocenters. The maximum absolute atomic E-state index is 11.8. The molecule has 0 radical (unpaired) electrons. The Morgan fingerprint density at radius 2 is 1.92 bits per heavy atom. The molecule has 0 saturated heterocycles. The molecule has 26 heavy (non-hydrogen) atoms. The first-order chi connectivity index (χ1) is 12.6. The maximum atomic E-state index is 11.8. The van der Waals surface area contributed by atoms with E-state index in [0.717, 1.165) is 35.4 Å². The van der Waals surface area contributed by atoms with Crippen LogP contribution in [-0.4, -0.2) is 28.7 Å². The maximum Gasteiger partial charge on any atom is 0.332 e. The third-order valence-corrected chi connectivity index (χ3v) is 4.44. The molecule has 0 spiro atoms. The fourth-order valence-corrected chi connectivity index (χ4v) is 2.98. The van der Waals surface area contributed by atoms with Crippen LogP contribution >= 0.6 is 11.6 Å². The van der Waals surface area contributed by atoms with Crippen molar-refractivity contribution in [3.8, 4) is 0 Å². The number of ether oxygens (including phenoxy) is 2. The van der Waals surface area contributed by atoms with Gasteiger partial charge < -0.3 is 14.0 Å². The fourth-order valence-electron chi connectivity index (χ4n) is 2.79. The zero-order valence-corrected chi connectivity index (χ0v) is 15.4. The second-order valence-electron chi connectivity index (χ2n) is 5.96. The summed E-state index contributed by atoms with van der Waals surface area (Å²) in [5.41, 5.74) is 2.93. The molecular formula is C20H21ClN2O3. The van der Waals surface area contributed by atoms with Crippen molar-refractivity contribution in [2.75, 3.05) is 13.2 Å². The number of hydrogen-bond acceptors (Lipinski definition) is 4. The van der Waals surface area contributed by atoms with Gasteiger partial charge in [-0.05, 0) is 37.1 Å². The van der Waals surface area contributed by atoms with E-state index in [-0.39, 0.29) is 19.2 Å². The number of nitrogens with zero attached hydrogens (tertiary/aromatic N) is 2. The Hall–Kier alpha value is -2.37. The first-order valence-electron chi connectivity index (χ1n) is 8.54. The number of imidazole rings is 1. The van der Waals surface area contributed by atoms with Gasteiger partial charge in [-0.1, -0.05) is 41.9 Å². The van der Waals surface area contributed by atoms with Crippen molar-refractivity contribution < 1.29 is 14.3 Å². The molecule has 0 unspecified atom stereocenters. The lowest BCUT2D eigenvalue weighted by Gasteiger charge is -2.09. The summed E-state index contributed by atoms with van der Waals surface area (Å²) >= 11 is 6.04. The van der Waals surface area contributed by atoms with Crippen molar-refractivity contribution in [3.63, 3.8) is 0 Å². The molecule has 3 aromatic rings. The zero-order chi connectivity index (χ0) is 18.4. The van der Waals surface area contributed by atoms with Gasteiger partial charge in [0.1, 0.15) is 12.4 Å². The third kappa shape index (κ3) is 4.62. The van der Waals surface area contributed by atoms with Gasteiger partial charge in [0, 0.05) is 11.6 Å². The summed E-state index contributed by atoms with van der Waals surface area (Å²) in [5, 5.41) is 0.629. The van der Waals surface area contributed by atoms with Crippen molar-refractivity contribution in [3.05, 3.63) is 64.9 Å². The van der Waals surface area contributed by atoms with Crippen LogP contribution in [0, 0.1) is 6.92 Å². The summed E-state index contributed by atoms with van der Waals surface area (Å²) in [6.45, 7) is 3.28. The van der Waals surface area contributed by atoms with Crippen LogP contribution in [0.1, 0.15) is 17.8 Å². The van der Waals surface area contributed by atoms with Gasteiger partial charge in [-0.15, -0.1) is 0 Å². The summed E-state index contributed by atoms with van der Waals surface area (Å²) in [5.74, 6) is 0.588. The van der Waals surface area contributed by atoms with E-state index in [2.05, 4.69) is 9.55 Å². The average Bonchev–Trinajstić information content (AvgIpc) is 2.96. The van der Waals surface area contributed by atoms with Crippen molar-refractivity contribution in [2.24, 2.45) is 0 Å². The second-order valence-corrected chi connectivity index (χ2v) is 6.36. The Morgan fingerprint density at radius 1 is 1.15 bits per heavy atom. The van der Waals surface area contributed by atoms with Gasteiger partial charge >= 0.3 is 5.97 Å². The first-order valence-corrected chi connectivity index (χ1v) is 8.91. The summed E-state index contributed by atoms with van der Waals surface area (Å²) in [4.78, 5) is 16.3. The van der Waals surface area contributed by atoms with E-state index in [1.807, 2.05) is 49.4 Å². The molecule has 136 valence electrons. The molecule has 0 aliphatic heterocycles. The molecule has 0 saturated carbocycles. The number of esters is 1. The van der Waals surface area contributed by atoms with Crippen molar-refractivity contribution in [1.29, 1.82) is 0 Å². The Bertz CT molecular complexity index is 892. The normalized spacial score (nSPS) is 11.0. The highest BCUT2D eigenvalue weighted by atomic mass is 35.5. The number of rotatable bonds is 8. The summed E-state index contributed by atoms with van der Waals surface area (Å²) in [6, 6.07) is 15.4. The van der Waals surface area contributed by atoms with E-state index in [4.69, 9.17) is 21.1 Å². The highest BCUT2D eigenvalue weighted by Crippen LogP contribution is 2.16. The number of carbonyl (C=O) groups is 1. The van der Waals surface area contributed by atoms with Crippen molar-refractivity contribution in [2.45, 2.75) is 26.5 Å². The number of carbonyl (C=O) groups excluding carboxylic acids is 1. The van der Waals surface area contributed by atoms with Crippen LogP contribution in [-0.2, 0) is 27.4 Å². The van der Waals surface area contributed by atoms with Gasteiger partial charge in [-0.3, -0.25) is 0 Å². The first kappa shape index (κ1) is 18.4. The number of aryl methyl sites for hydroxylation is 2. The topological polar surface area (TPSA) is 53.4 Å². The van der Waals surface area contributed by atoms with Gasteiger partial charge in [0.25, 0.3) is 0 Å². The Kier molecular flexibility index (Phi) is 6.26. The largest absolute Gasteiger partial charge is 0.464 e. The Balaban J connectivity index is 1.39. The smallest absolute Gasteiger partial charge is 0.332 e. The summed E-state index contributed by atoms with van der Waals surface area (Å²) < 4.78 is 12.7. The molecule has 0 N–H and O–H groups in total. The number of halogens is 1. The van der Waals surface area contributed by atoms with E-state index >= 15 is 0 Å². The van der Waals surface area contributed by atoms with Gasteiger partial charge in [0.2, 0.25) is 0 Å². The lowest BCUT2D eigenvalue weighted by Crippen LogP contribution is -2.14. The number of aromatic nitrogens is 2. The molecule has 0 aliphatic carbocycles. The quantitative estimate of drug-likeness (QED) is 0.440. The van der Waals surface area contributed by atoms with Crippen molar-refractivity contribution >= 4 is 28.6 Å². The minimum Gasteiger partial charge on any atom is -0.464 e. The molecule has 0 bridgehead atoms. The number of para-hydroxylation sites is 2. The van der Waals surface area contributed by atoms with Crippen LogP contribution < -0.4 is 0 Å². The Morgan fingerprint density at radius 3 is 2.77 bits per heavy atom. The monoisotopic (exact) mass is 372 g/mol. The second kappa shape index (κ2) is 8.83. The standard InChI is InChI=1S/C20H21ClN2O3/c1-15-22-18-9-4-5-10-19(18)23(15)11-6-12-26-20(24)14-25-13-16-7-2-3-8-17(16)21/h2-5,7-10H,6,11-14H2,1H3. The minimum absolute atomic E-state index is 0.0851. The molecule has 5 nitrogen and oxygen atoms in total. The Labute approximate surface area is 157 Å². The minimum atomic E-state index is -0.371. The van der Waals surface area contributed by atoms with E-state index in [1.54, 1.807) is 6.07 Å². The fraction of sp³-hybridized carbons (Fsp3) is 0.300. The molecule has 0 fully saturated rings. The molecule has 1 heterocycles. The highest BCUT2D eigenvalue weighted by Gasteiger charge is 2.08. The predicted octanol–water partition coefficient (Wildman–Crippen LogP) is 4.15. The van der Waals surface area contributed by atoms with Crippen LogP contribution in [0.2, 0.25) is 5.02 Å². The number of hydrogen-bond donors (Lipinski definition) is 0. The van der Waals surface area contributed by atoms with E-state index in [0.29, 0.717) is 11.6 Å². The zero-order valence-electron chi connectivity index (χ0n) is 14.7. The molecule has 2 aromatic carbocycles. The van der Waals surface area contributed by atoms with Crippen LogP contribution in [0.25, 0.3) is 11.0 Å². The van der Waals surface area contributed by atoms with Gasteiger partial charge in [-0.2, -0.15) is 0 Å². The van der Waals surface area contributed by atoms with E-state index in [9.17, 15) is 4.79 Å². The van der Waals surface area contributed by atoms with Crippen LogP contribution in [0.5, 0.6) is 0 Å². The molecule has 1 aromatic heterocycles. The van der Waals surface area contributed by atoms with Crippen LogP contribution in [0.3, 0.4) is 0 Å². The molecule has 6 heteroatoms. The highest BCUT2D eigenvalue weighted by molar-refractivity contribution is 6.31. The van der Waals surface area contributed by atoms with Gasteiger partial charge in [0.05, 0.1) is 24.2 Å². The molecular weight excluding hydrogens is 352 g/mol. The summed E-state index contributed by atoms with van der Waals surface area (Å²) in [7, 11) is 0. The van der Waals surface area contributed by atoms with Crippen molar-refractivity contribution in [1.82, 2.24) is 9.55 Å². The number of benzene rings is 2. The predicted molar refractivity (Wildman–Crippen MR) is 101 cm³/mol. The lowest BCUT2D eigenvalue weighted by molar-refractivity contribution is -0.149. The van der Waals surface area contributed by atoms with Crippen LogP contribution in [0.4, 0.5) is 0 Å². The van der Waals surface area contributed by atoms with Gasteiger partial charge in [-0.25, -0.2) is 9.78 Å². The van der Waals surface area contributed by atoms with E-state index in [1.165, 1.54) is 0 Å². The van der Waals surface area contributed by atoms with E-state index < -0.39 is 0 Å². The lowest BCUT2D eigenvalue weighted by atomic mass is 10.2. The van der Waals surface area contributed by atoms with Crippen LogP contribution in [0.15, 0.2) is 48.5 Å². The molecule has 0 aliphatic rings. The molecule has 0 amide bonds. The number of fused-ring (bicyclic) bond motifs is 1.